The van der Waals surface area contributed by atoms with E-state index in [4.69, 9.17) is 0 Å². The molecule has 1 atom stereocenters. The van der Waals surface area contributed by atoms with Gasteiger partial charge < -0.3 is 9.47 Å². The molecule has 1 saturated heterocycles. The third-order valence-corrected chi connectivity index (χ3v) is 2.42. The second-order valence-electron chi connectivity index (χ2n) is 3.06. The van der Waals surface area contributed by atoms with Crippen LogP contribution in [-0.2, 0) is 19.1 Å². The molecule has 2 fully saturated rings. The maximum atomic E-state index is 11.1. The van der Waals surface area contributed by atoms with E-state index >= 15 is 0 Å². The van der Waals surface area contributed by atoms with Crippen LogP contribution in [0.5, 0.6) is 0 Å². The molecule has 4 nitrogen and oxygen atoms in total. The van der Waals surface area contributed by atoms with Crippen LogP contribution in [0.1, 0.15) is 13.3 Å². The molecule has 0 aromatic rings. The molecule has 0 bridgehead atoms. The number of carbonyl (C=O) groups excluding carboxylic acids is 2. The van der Waals surface area contributed by atoms with Crippen molar-refractivity contribution in [3.63, 3.8) is 0 Å². The first-order chi connectivity index (χ1) is 5.18. The number of hydrogen-bond acceptors (Lipinski definition) is 4. The molecule has 60 valence electrons. The van der Waals surface area contributed by atoms with E-state index in [0.717, 1.165) is 0 Å². The van der Waals surface area contributed by atoms with Crippen molar-refractivity contribution < 1.29 is 19.1 Å². The molecule has 1 heterocycles. The minimum absolute atomic E-state index is 0.0859. The van der Waals surface area contributed by atoms with Crippen molar-refractivity contribution in [2.45, 2.75) is 13.3 Å². The monoisotopic (exact) mass is 156 g/mol. The topological polar surface area (TPSA) is 52.6 Å². The summed E-state index contributed by atoms with van der Waals surface area (Å²) >= 11 is 0. The molecule has 1 spiro atoms. The predicted molar refractivity (Wildman–Crippen MR) is 33.3 cm³/mol. The average molecular weight is 156 g/mol. The molecule has 11 heavy (non-hydrogen) atoms. The third kappa shape index (κ3) is 0.640. The zero-order valence-corrected chi connectivity index (χ0v) is 6.12. The van der Waals surface area contributed by atoms with Crippen LogP contribution in [0.3, 0.4) is 0 Å². The number of rotatable bonds is 0. The van der Waals surface area contributed by atoms with E-state index in [1.165, 1.54) is 0 Å². The summed E-state index contributed by atoms with van der Waals surface area (Å²) in [5.74, 6) is -0.745. The lowest BCUT2D eigenvalue weighted by molar-refractivity contribution is -0.193. The maximum Gasteiger partial charge on any atom is 0.326 e. The Balaban J connectivity index is 2.28. The van der Waals surface area contributed by atoms with E-state index in [0.29, 0.717) is 6.42 Å². The zero-order chi connectivity index (χ0) is 8.06. The highest BCUT2D eigenvalue weighted by atomic mass is 16.7. The Kier molecular flexibility index (Phi) is 1.06. The fourth-order valence-corrected chi connectivity index (χ4v) is 1.47. The van der Waals surface area contributed by atoms with Crippen molar-refractivity contribution in [3.05, 3.63) is 0 Å². The molecular weight excluding hydrogens is 148 g/mol. The van der Waals surface area contributed by atoms with Gasteiger partial charge in [0.15, 0.2) is 5.41 Å². The summed E-state index contributed by atoms with van der Waals surface area (Å²) < 4.78 is 9.23. The summed E-state index contributed by atoms with van der Waals surface area (Å²) in [5, 5.41) is 0. The molecule has 1 saturated carbocycles. The Morgan fingerprint density at radius 1 is 1.36 bits per heavy atom. The van der Waals surface area contributed by atoms with Gasteiger partial charge in [-0.2, -0.15) is 0 Å². The summed E-state index contributed by atoms with van der Waals surface area (Å²) in [6, 6.07) is 0. The second kappa shape index (κ2) is 1.75. The molecular formula is C7H8O4. The van der Waals surface area contributed by atoms with Crippen molar-refractivity contribution in [3.8, 4) is 0 Å². The predicted octanol–water partition coefficient (Wildman–Crippen LogP) is 0.0701. The molecule has 0 N–H and O–H groups in total. The maximum absolute atomic E-state index is 11.1. The minimum atomic E-state index is -0.918. The van der Waals surface area contributed by atoms with Crippen molar-refractivity contribution in [2.75, 3.05) is 6.79 Å². The summed E-state index contributed by atoms with van der Waals surface area (Å²) in [4.78, 5) is 22.2. The number of ether oxygens (including phenoxy) is 2. The van der Waals surface area contributed by atoms with Gasteiger partial charge >= 0.3 is 11.9 Å². The largest absolute Gasteiger partial charge is 0.427 e. The van der Waals surface area contributed by atoms with Gasteiger partial charge in [0.1, 0.15) is 0 Å². The van der Waals surface area contributed by atoms with Crippen molar-refractivity contribution in [2.24, 2.45) is 11.3 Å². The van der Waals surface area contributed by atoms with Crippen LogP contribution in [0.15, 0.2) is 0 Å². The Labute approximate surface area is 63.5 Å². The minimum Gasteiger partial charge on any atom is -0.427 e. The number of carbonyl (C=O) groups is 2. The van der Waals surface area contributed by atoms with Gasteiger partial charge in [0.25, 0.3) is 0 Å². The Morgan fingerprint density at radius 3 is 2.09 bits per heavy atom. The lowest BCUT2D eigenvalue weighted by atomic mass is 10.1. The van der Waals surface area contributed by atoms with Crippen LogP contribution < -0.4 is 0 Å². The zero-order valence-electron chi connectivity index (χ0n) is 6.12. The quantitative estimate of drug-likeness (QED) is 0.368. The molecule has 4 heteroatoms. The van der Waals surface area contributed by atoms with Gasteiger partial charge in [0.05, 0.1) is 0 Å². The third-order valence-electron chi connectivity index (χ3n) is 2.42. The Bertz CT molecular complexity index is 217. The molecule has 1 aliphatic heterocycles. The van der Waals surface area contributed by atoms with Gasteiger partial charge in [-0.25, -0.2) is 0 Å². The van der Waals surface area contributed by atoms with E-state index in [-0.39, 0.29) is 12.7 Å². The standard InChI is InChI=1S/C7H8O4/c1-4-2-7(4)5(8)10-3-11-6(7)9/h4H,2-3H2,1H3. The summed E-state index contributed by atoms with van der Waals surface area (Å²) in [6.07, 6.45) is 0.574. The summed E-state index contributed by atoms with van der Waals surface area (Å²) in [6.45, 7) is 1.62. The van der Waals surface area contributed by atoms with Crippen molar-refractivity contribution in [1.29, 1.82) is 0 Å². The normalized spacial score (nSPS) is 33.0. The van der Waals surface area contributed by atoms with Crippen LogP contribution in [0.4, 0.5) is 0 Å². The second-order valence-corrected chi connectivity index (χ2v) is 3.06. The number of hydrogen-bond donors (Lipinski definition) is 0. The Morgan fingerprint density at radius 2 is 1.82 bits per heavy atom. The highest BCUT2D eigenvalue weighted by Crippen LogP contribution is 2.55. The fraction of sp³-hybridized carbons (Fsp3) is 0.714. The molecule has 0 amide bonds. The highest BCUT2D eigenvalue weighted by molar-refractivity contribution is 6.04. The van der Waals surface area contributed by atoms with Crippen LogP contribution in [0.25, 0.3) is 0 Å². The first-order valence-electron chi connectivity index (χ1n) is 3.52. The van der Waals surface area contributed by atoms with Gasteiger partial charge in [0, 0.05) is 0 Å². The van der Waals surface area contributed by atoms with E-state index in [1.54, 1.807) is 0 Å². The van der Waals surface area contributed by atoms with Gasteiger partial charge in [-0.1, -0.05) is 6.92 Å². The molecule has 2 rings (SSSR count). The number of cyclic esters (lactones) is 2. The molecule has 0 radical (unpaired) electrons. The smallest absolute Gasteiger partial charge is 0.326 e. The van der Waals surface area contributed by atoms with Gasteiger partial charge in [-0.05, 0) is 12.3 Å². The average Bonchev–Trinajstić information content (AvgIpc) is 2.60. The molecule has 1 unspecified atom stereocenters. The summed E-state index contributed by atoms with van der Waals surface area (Å²) in [7, 11) is 0. The first kappa shape index (κ1) is 6.64. The van der Waals surface area contributed by atoms with E-state index in [9.17, 15) is 9.59 Å². The molecule has 2 aliphatic rings. The lowest BCUT2D eigenvalue weighted by Gasteiger charge is -2.19. The lowest BCUT2D eigenvalue weighted by Crippen LogP contribution is -2.37. The molecule has 1 aliphatic carbocycles. The number of esters is 2. The molecule has 0 aromatic heterocycles. The SMILES string of the molecule is CC1CC12C(=O)OCOC2=O. The molecule has 0 aromatic carbocycles. The Hall–Kier alpha value is -1.06. The van der Waals surface area contributed by atoms with E-state index < -0.39 is 17.4 Å². The van der Waals surface area contributed by atoms with Crippen LogP contribution in [-0.4, -0.2) is 18.7 Å². The highest BCUT2D eigenvalue weighted by Gasteiger charge is 2.67. The van der Waals surface area contributed by atoms with Crippen LogP contribution in [0, 0.1) is 11.3 Å². The van der Waals surface area contributed by atoms with Crippen molar-refractivity contribution >= 4 is 11.9 Å². The van der Waals surface area contributed by atoms with Crippen molar-refractivity contribution in [1.82, 2.24) is 0 Å². The van der Waals surface area contributed by atoms with E-state index in [2.05, 4.69) is 9.47 Å². The van der Waals surface area contributed by atoms with Crippen LogP contribution in [0.2, 0.25) is 0 Å². The van der Waals surface area contributed by atoms with Gasteiger partial charge in [0.2, 0.25) is 6.79 Å². The fourth-order valence-electron chi connectivity index (χ4n) is 1.47. The van der Waals surface area contributed by atoms with E-state index in [1.807, 2.05) is 6.92 Å². The summed E-state index contributed by atoms with van der Waals surface area (Å²) in [5.41, 5.74) is -0.918. The first-order valence-corrected chi connectivity index (χ1v) is 3.52. The van der Waals surface area contributed by atoms with Gasteiger partial charge in [-0.3, -0.25) is 9.59 Å². The van der Waals surface area contributed by atoms with Crippen LogP contribution >= 0.6 is 0 Å². The van der Waals surface area contributed by atoms with Gasteiger partial charge in [-0.15, -0.1) is 0 Å².